The van der Waals surface area contributed by atoms with Crippen LogP contribution in [0.25, 0.3) is 5.03 Å². The van der Waals surface area contributed by atoms with Gasteiger partial charge < -0.3 is 0 Å². The van der Waals surface area contributed by atoms with Gasteiger partial charge in [0.1, 0.15) is 0 Å². The van der Waals surface area contributed by atoms with Crippen LogP contribution < -0.4 is 0 Å². The number of aryl methyl sites for hydroxylation is 2. The number of pyridine rings is 1. The number of rotatable bonds is 0. The highest BCUT2D eigenvalue weighted by Crippen LogP contribution is 2.31. The molecule has 1 aliphatic carbocycles. The first-order chi connectivity index (χ1) is 6.58. The molecule has 1 atom stereocenters. The molecule has 14 heavy (non-hydrogen) atoms. The summed E-state index contributed by atoms with van der Waals surface area (Å²) in [4.78, 5) is 4.43. The van der Waals surface area contributed by atoms with Gasteiger partial charge in [-0.05, 0) is 43.5 Å². The molecule has 1 unspecified atom stereocenters. The first-order valence-corrected chi connectivity index (χ1v) is 5.38. The molecule has 1 aromatic rings. The van der Waals surface area contributed by atoms with Crippen LogP contribution in [0, 0.1) is 13.8 Å². The van der Waals surface area contributed by atoms with Gasteiger partial charge in [0.25, 0.3) is 0 Å². The largest absolute Gasteiger partial charge is 0.252 e. The second-order valence-electron chi connectivity index (χ2n) is 3.64. The molecule has 1 heterocycles. The van der Waals surface area contributed by atoms with Crippen LogP contribution in [0.2, 0.25) is 0 Å². The fraction of sp³-hybridized carbons (Fsp3) is 0.364. The average molecular weight is 228 g/mol. The van der Waals surface area contributed by atoms with Gasteiger partial charge in [-0.1, -0.05) is 11.6 Å². The van der Waals surface area contributed by atoms with Crippen LogP contribution in [0.5, 0.6) is 0 Å². The number of fused-ring (bicyclic) bond motifs is 1. The summed E-state index contributed by atoms with van der Waals surface area (Å²) in [7, 11) is 0. The van der Waals surface area contributed by atoms with Crippen molar-refractivity contribution < 1.29 is 0 Å². The van der Waals surface area contributed by atoms with E-state index in [1.165, 1.54) is 11.1 Å². The van der Waals surface area contributed by atoms with Crippen molar-refractivity contribution in [3.63, 3.8) is 0 Å². The van der Waals surface area contributed by atoms with Crippen LogP contribution in [0.3, 0.4) is 0 Å². The summed E-state index contributed by atoms with van der Waals surface area (Å²) < 4.78 is 0. The Balaban J connectivity index is 2.63. The molecule has 0 bridgehead atoms. The Bertz CT molecular complexity index is 410. The van der Waals surface area contributed by atoms with Crippen molar-refractivity contribution in [1.29, 1.82) is 0 Å². The van der Waals surface area contributed by atoms with E-state index >= 15 is 0 Å². The van der Waals surface area contributed by atoms with Crippen LogP contribution in [-0.2, 0) is 6.42 Å². The van der Waals surface area contributed by atoms with E-state index in [1.54, 1.807) is 0 Å². The van der Waals surface area contributed by atoms with E-state index in [0.29, 0.717) is 5.03 Å². The fourth-order valence-electron chi connectivity index (χ4n) is 1.81. The smallest absolute Gasteiger partial charge is 0.0851 e. The van der Waals surface area contributed by atoms with E-state index < -0.39 is 0 Å². The molecule has 1 nitrogen and oxygen atoms in total. The molecule has 1 aromatic heterocycles. The molecule has 3 heteroatoms. The summed E-state index contributed by atoms with van der Waals surface area (Å²) in [5.74, 6) is 0. The molecular weight excluding hydrogens is 217 g/mol. The molecular formula is C11H11Cl2N. The van der Waals surface area contributed by atoms with Crippen molar-refractivity contribution in [2.45, 2.75) is 25.6 Å². The zero-order chi connectivity index (χ0) is 10.3. The molecule has 0 N–H and O–H groups in total. The Morgan fingerprint density at radius 1 is 1.43 bits per heavy atom. The molecule has 0 amide bonds. The van der Waals surface area contributed by atoms with Crippen LogP contribution in [0.4, 0.5) is 0 Å². The number of allylic oxidation sites excluding steroid dienone is 1. The van der Waals surface area contributed by atoms with Crippen molar-refractivity contribution >= 4 is 28.2 Å². The Hall–Kier alpha value is -0.530. The van der Waals surface area contributed by atoms with Crippen LogP contribution >= 0.6 is 23.2 Å². The third-order valence-electron chi connectivity index (χ3n) is 2.43. The first-order valence-electron chi connectivity index (χ1n) is 4.57. The van der Waals surface area contributed by atoms with E-state index in [1.807, 2.05) is 13.0 Å². The lowest BCUT2D eigenvalue weighted by atomic mass is 9.96. The minimum absolute atomic E-state index is 0.00166. The van der Waals surface area contributed by atoms with Gasteiger partial charge in [0, 0.05) is 5.69 Å². The zero-order valence-electron chi connectivity index (χ0n) is 8.14. The monoisotopic (exact) mass is 227 g/mol. The van der Waals surface area contributed by atoms with Crippen molar-refractivity contribution in [1.82, 2.24) is 4.98 Å². The second-order valence-corrected chi connectivity index (χ2v) is 4.61. The Kier molecular flexibility index (Phi) is 2.54. The van der Waals surface area contributed by atoms with Gasteiger partial charge in [-0.25, -0.2) is 0 Å². The molecule has 0 saturated heterocycles. The fourth-order valence-corrected chi connectivity index (χ4v) is 2.46. The first kappa shape index (κ1) is 10.0. The lowest BCUT2D eigenvalue weighted by molar-refractivity contribution is 0.942. The van der Waals surface area contributed by atoms with Crippen molar-refractivity contribution in [3.05, 3.63) is 34.7 Å². The molecule has 0 radical (unpaired) electrons. The van der Waals surface area contributed by atoms with Crippen molar-refractivity contribution in [2.75, 3.05) is 0 Å². The third kappa shape index (κ3) is 1.67. The molecule has 1 aliphatic rings. The minimum atomic E-state index is -0.00166. The predicted molar refractivity (Wildman–Crippen MR) is 60.9 cm³/mol. The maximum atomic E-state index is 6.10. The highest BCUT2D eigenvalue weighted by Gasteiger charge is 2.20. The van der Waals surface area contributed by atoms with Crippen LogP contribution in [0.15, 0.2) is 12.1 Å². The number of hydrogen-bond donors (Lipinski definition) is 0. The number of hydrogen-bond acceptors (Lipinski definition) is 1. The van der Waals surface area contributed by atoms with Gasteiger partial charge in [-0.3, -0.25) is 4.98 Å². The van der Waals surface area contributed by atoms with Gasteiger partial charge in [0.05, 0.1) is 16.1 Å². The average Bonchev–Trinajstić information content (AvgIpc) is 2.07. The lowest BCUT2D eigenvalue weighted by Gasteiger charge is -2.19. The highest BCUT2D eigenvalue weighted by molar-refractivity contribution is 6.49. The Labute approximate surface area is 93.8 Å². The maximum absolute atomic E-state index is 6.10. The standard InChI is InChI=1S/C11H11Cl2N/c1-6-3-7(2)14-11-9(6)4-8(12)5-10(11)13/h3,5,8H,4H2,1-2H3. The summed E-state index contributed by atoms with van der Waals surface area (Å²) in [5, 5.41) is 0.677. The Morgan fingerprint density at radius 3 is 2.86 bits per heavy atom. The van der Waals surface area contributed by atoms with E-state index in [9.17, 15) is 0 Å². The summed E-state index contributed by atoms with van der Waals surface area (Å²) in [5.41, 5.74) is 4.31. The topological polar surface area (TPSA) is 12.9 Å². The molecule has 0 fully saturated rings. The van der Waals surface area contributed by atoms with Crippen LogP contribution in [-0.4, -0.2) is 10.4 Å². The van der Waals surface area contributed by atoms with Gasteiger partial charge in [0.2, 0.25) is 0 Å². The number of aromatic nitrogens is 1. The normalized spacial score (nSPS) is 20.3. The van der Waals surface area contributed by atoms with E-state index in [2.05, 4.69) is 18.0 Å². The third-order valence-corrected chi connectivity index (χ3v) is 3.01. The molecule has 0 aromatic carbocycles. The summed E-state index contributed by atoms with van der Waals surface area (Å²) >= 11 is 12.2. The summed E-state index contributed by atoms with van der Waals surface area (Å²) in [6.45, 7) is 4.05. The molecule has 0 spiro atoms. The van der Waals surface area contributed by atoms with Crippen molar-refractivity contribution in [2.24, 2.45) is 0 Å². The van der Waals surface area contributed by atoms with Crippen molar-refractivity contribution in [3.8, 4) is 0 Å². The lowest BCUT2D eigenvalue weighted by Crippen LogP contribution is -2.12. The van der Waals surface area contributed by atoms with Gasteiger partial charge in [0.15, 0.2) is 0 Å². The molecule has 2 rings (SSSR count). The Morgan fingerprint density at radius 2 is 2.14 bits per heavy atom. The number of halogens is 2. The van der Waals surface area contributed by atoms with Gasteiger partial charge >= 0.3 is 0 Å². The molecule has 0 aliphatic heterocycles. The minimum Gasteiger partial charge on any atom is -0.252 e. The van der Waals surface area contributed by atoms with Crippen LogP contribution in [0.1, 0.15) is 22.5 Å². The SMILES string of the molecule is Cc1cc(C)c2c(n1)C(Cl)=CC(Cl)C2. The summed E-state index contributed by atoms with van der Waals surface area (Å²) in [6.07, 6.45) is 2.68. The van der Waals surface area contributed by atoms with E-state index in [0.717, 1.165) is 17.8 Å². The van der Waals surface area contributed by atoms with E-state index in [-0.39, 0.29) is 5.38 Å². The van der Waals surface area contributed by atoms with E-state index in [4.69, 9.17) is 23.2 Å². The molecule has 74 valence electrons. The quantitative estimate of drug-likeness (QED) is 0.620. The van der Waals surface area contributed by atoms with Gasteiger partial charge in [-0.15, -0.1) is 11.6 Å². The zero-order valence-corrected chi connectivity index (χ0v) is 9.65. The second kappa shape index (κ2) is 3.56. The van der Waals surface area contributed by atoms with Gasteiger partial charge in [-0.2, -0.15) is 0 Å². The number of alkyl halides is 1. The molecule has 0 saturated carbocycles. The highest BCUT2D eigenvalue weighted by atomic mass is 35.5. The maximum Gasteiger partial charge on any atom is 0.0851 e. The number of nitrogens with zero attached hydrogens (tertiary/aromatic N) is 1. The summed E-state index contributed by atoms with van der Waals surface area (Å²) in [6, 6.07) is 2.07. The predicted octanol–water partition coefficient (Wildman–Crippen LogP) is 3.44.